The van der Waals surface area contributed by atoms with Crippen LogP contribution in [0.3, 0.4) is 0 Å². The molecule has 0 radical (unpaired) electrons. The Kier molecular flexibility index (Phi) is 6.17. The molecule has 0 saturated heterocycles. The van der Waals surface area contributed by atoms with E-state index in [-0.39, 0.29) is 35.3 Å². The van der Waals surface area contributed by atoms with E-state index >= 15 is 0 Å². The minimum Gasteiger partial charge on any atom is -0.344 e. The smallest absolute Gasteiger partial charge is 0.270 e. The van der Waals surface area contributed by atoms with Crippen LogP contribution in [0.15, 0.2) is 78.9 Å². The standard InChI is InChI=1S/C23H23N3O2/c1-16(18-10-5-3-6-11-18)24-22(27)20-14-9-15-21(26-20)23(28)25-17(2)19-12-7-4-8-13-19/h3-17H,1-2H3,(H,24,27)(H,25,28)/t16-,17-/m1/s1. The van der Waals surface area contributed by atoms with E-state index in [1.165, 1.54) is 0 Å². The van der Waals surface area contributed by atoms with Gasteiger partial charge in [0.25, 0.3) is 11.8 Å². The quantitative estimate of drug-likeness (QED) is 0.684. The second-order valence-corrected chi connectivity index (χ2v) is 6.62. The van der Waals surface area contributed by atoms with E-state index in [0.29, 0.717) is 0 Å². The molecule has 142 valence electrons. The predicted octanol–water partition coefficient (Wildman–Crippen LogP) is 4.06. The molecule has 2 N–H and O–H groups in total. The first-order valence-electron chi connectivity index (χ1n) is 9.23. The third kappa shape index (κ3) is 4.82. The van der Waals surface area contributed by atoms with Crippen molar-refractivity contribution >= 4 is 11.8 Å². The molecule has 0 aliphatic rings. The van der Waals surface area contributed by atoms with E-state index in [1.54, 1.807) is 18.2 Å². The highest BCUT2D eigenvalue weighted by molar-refractivity contribution is 5.96. The Hall–Kier alpha value is -3.47. The van der Waals surface area contributed by atoms with E-state index in [0.717, 1.165) is 11.1 Å². The third-order valence-electron chi connectivity index (χ3n) is 4.51. The summed E-state index contributed by atoms with van der Waals surface area (Å²) in [6, 6.07) is 23.9. The summed E-state index contributed by atoms with van der Waals surface area (Å²) in [5.41, 5.74) is 2.42. The number of nitrogens with one attached hydrogen (secondary N) is 2. The molecule has 0 aliphatic carbocycles. The maximum atomic E-state index is 12.5. The van der Waals surface area contributed by atoms with Crippen molar-refractivity contribution in [2.45, 2.75) is 25.9 Å². The Morgan fingerprint density at radius 3 is 1.43 bits per heavy atom. The first kappa shape index (κ1) is 19.3. The number of pyridine rings is 1. The summed E-state index contributed by atoms with van der Waals surface area (Å²) in [7, 11) is 0. The summed E-state index contributed by atoms with van der Waals surface area (Å²) < 4.78 is 0. The molecule has 0 fully saturated rings. The van der Waals surface area contributed by atoms with Crippen LogP contribution in [0.2, 0.25) is 0 Å². The van der Waals surface area contributed by atoms with Crippen LogP contribution in [0.5, 0.6) is 0 Å². The van der Waals surface area contributed by atoms with Crippen LogP contribution >= 0.6 is 0 Å². The summed E-state index contributed by atoms with van der Waals surface area (Å²) in [6.07, 6.45) is 0. The number of aromatic nitrogens is 1. The average Bonchev–Trinajstić information content (AvgIpc) is 2.75. The van der Waals surface area contributed by atoms with Crippen molar-refractivity contribution in [2.75, 3.05) is 0 Å². The SMILES string of the molecule is C[C@@H](NC(=O)c1cccc(C(=O)N[C@H](C)c2ccccc2)n1)c1ccccc1. The van der Waals surface area contributed by atoms with Gasteiger partial charge in [0.2, 0.25) is 0 Å². The van der Waals surface area contributed by atoms with Gasteiger partial charge in [0.1, 0.15) is 11.4 Å². The Balaban J connectivity index is 1.67. The first-order valence-corrected chi connectivity index (χ1v) is 9.23. The fourth-order valence-corrected chi connectivity index (χ4v) is 2.88. The van der Waals surface area contributed by atoms with Crippen molar-refractivity contribution in [3.63, 3.8) is 0 Å². The maximum absolute atomic E-state index is 12.5. The number of nitrogens with zero attached hydrogens (tertiary/aromatic N) is 1. The lowest BCUT2D eigenvalue weighted by Gasteiger charge is -2.15. The molecular formula is C23H23N3O2. The number of carbonyl (C=O) groups is 2. The molecule has 1 aromatic heterocycles. The number of benzene rings is 2. The topological polar surface area (TPSA) is 71.1 Å². The van der Waals surface area contributed by atoms with Crippen molar-refractivity contribution in [1.29, 1.82) is 0 Å². The molecule has 0 spiro atoms. The van der Waals surface area contributed by atoms with E-state index in [1.807, 2.05) is 74.5 Å². The van der Waals surface area contributed by atoms with E-state index in [4.69, 9.17) is 0 Å². The molecule has 2 amide bonds. The highest BCUT2D eigenvalue weighted by Crippen LogP contribution is 2.14. The van der Waals surface area contributed by atoms with Gasteiger partial charge in [-0.05, 0) is 37.1 Å². The van der Waals surface area contributed by atoms with Gasteiger partial charge < -0.3 is 10.6 Å². The molecular weight excluding hydrogens is 350 g/mol. The first-order chi connectivity index (χ1) is 13.5. The van der Waals surface area contributed by atoms with Gasteiger partial charge in [-0.2, -0.15) is 0 Å². The highest BCUT2D eigenvalue weighted by atomic mass is 16.2. The molecule has 0 unspecified atom stereocenters. The van der Waals surface area contributed by atoms with Gasteiger partial charge in [-0.15, -0.1) is 0 Å². The molecule has 3 aromatic rings. The van der Waals surface area contributed by atoms with Crippen molar-refractivity contribution in [3.05, 3.63) is 101 Å². The van der Waals surface area contributed by atoms with Crippen LogP contribution in [0, 0.1) is 0 Å². The van der Waals surface area contributed by atoms with Crippen molar-refractivity contribution in [2.24, 2.45) is 0 Å². The van der Waals surface area contributed by atoms with E-state index < -0.39 is 0 Å². The number of carbonyl (C=O) groups excluding carboxylic acids is 2. The normalized spacial score (nSPS) is 12.6. The monoisotopic (exact) mass is 373 g/mol. The molecule has 3 rings (SSSR count). The van der Waals surface area contributed by atoms with Crippen LogP contribution in [-0.2, 0) is 0 Å². The largest absolute Gasteiger partial charge is 0.344 e. The second kappa shape index (κ2) is 8.95. The molecule has 0 saturated carbocycles. The lowest BCUT2D eigenvalue weighted by Crippen LogP contribution is -2.30. The van der Waals surface area contributed by atoms with Crippen LogP contribution < -0.4 is 10.6 Å². The zero-order valence-electron chi connectivity index (χ0n) is 15.9. The Bertz CT molecular complexity index is 868. The van der Waals surface area contributed by atoms with Crippen molar-refractivity contribution in [1.82, 2.24) is 15.6 Å². The molecule has 2 atom stereocenters. The zero-order chi connectivity index (χ0) is 19.9. The lowest BCUT2D eigenvalue weighted by molar-refractivity contribution is 0.0930. The van der Waals surface area contributed by atoms with Crippen LogP contribution in [0.4, 0.5) is 0 Å². The fourth-order valence-electron chi connectivity index (χ4n) is 2.88. The molecule has 28 heavy (non-hydrogen) atoms. The zero-order valence-corrected chi connectivity index (χ0v) is 15.9. The Labute approximate surface area is 164 Å². The number of hydrogen-bond donors (Lipinski definition) is 2. The number of rotatable bonds is 6. The molecule has 2 aromatic carbocycles. The molecule has 5 heteroatoms. The maximum Gasteiger partial charge on any atom is 0.270 e. The summed E-state index contributed by atoms with van der Waals surface area (Å²) in [4.78, 5) is 29.3. The van der Waals surface area contributed by atoms with Gasteiger partial charge in [0.15, 0.2) is 0 Å². The summed E-state index contributed by atoms with van der Waals surface area (Å²) in [5.74, 6) is -0.635. The van der Waals surface area contributed by atoms with E-state index in [9.17, 15) is 9.59 Å². The van der Waals surface area contributed by atoms with Gasteiger partial charge in [0, 0.05) is 0 Å². The molecule has 0 bridgehead atoms. The van der Waals surface area contributed by atoms with Gasteiger partial charge in [-0.1, -0.05) is 66.7 Å². The van der Waals surface area contributed by atoms with Gasteiger partial charge in [0.05, 0.1) is 12.1 Å². The van der Waals surface area contributed by atoms with Gasteiger partial charge >= 0.3 is 0 Å². The summed E-state index contributed by atoms with van der Waals surface area (Å²) >= 11 is 0. The van der Waals surface area contributed by atoms with E-state index in [2.05, 4.69) is 15.6 Å². The lowest BCUT2D eigenvalue weighted by atomic mass is 10.1. The molecule has 5 nitrogen and oxygen atoms in total. The van der Waals surface area contributed by atoms with Gasteiger partial charge in [-0.3, -0.25) is 9.59 Å². The summed E-state index contributed by atoms with van der Waals surface area (Å²) in [6.45, 7) is 3.82. The predicted molar refractivity (Wildman–Crippen MR) is 109 cm³/mol. The minimum atomic E-state index is -0.317. The Morgan fingerprint density at radius 2 is 1.04 bits per heavy atom. The van der Waals surface area contributed by atoms with Crippen LogP contribution in [-0.4, -0.2) is 16.8 Å². The number of hydrogen-bond acceptors (Lipinski definition) is 3. The second-order valence-electron chi connectivity index (χ2n) is 6.62. The summed E-state index contributed by atoms with van der Waals surface area (Å²) in [5, 5.41) is 5.82. The van der Waals surface area contributed by atoms with Crippen molar-refractivity contribution < 1.29 is 9.59 Å². The number of amides is 2. The molecule has 0 aliphatic heterocycles. The van der Waals surface area contributed by atoms with Crippen LogP contribution in [0.25, 0.3) is 0 Å². The fraction of sp³-hybridized carbons (Fsp3) is 0.174. The minimum absolute atomic E-state index is 0.161. The van der Waals surface area contributed by atoms with Gasteiger partial charge in [-0.25, -0.2) is 4.98 Å². The molecule has 1 heterocycles. The van der Waals surface area contributed by atoms with Crippen molar-refractivity contribution in [3.8, 4) is 0 Å². The average molecular weight is 373 g/mol. The van der Waals surface area contributed by atoms with Crippen LogP contribution in [0.1, 0.15) is 58.0 Å². The highest BCUT2D eigenvalue weighted by Gasteiger charge is 2.16. The Morgan fingerprint density at radius 1 is 0.643 bits per heavy atom. The third-order valence-corrected chi connectivity index (χ3v) is 4.51.